The van der Waals surface area contributed by atoms with Crippen LogP contribution in [0.1, 0.15) is 0 Å². The fourth-order valence-electron chi connectivity index (χ4n) is 0.958. The van der Waals surface area contributed by atoms with E-state index in [2.05, 4.69) is 14.2 Å². The molecule has 0 aromatic rings. The Labute approximate surface area is 144 Å². The molecule has 3 unspecified atom stereocenters. The zero-order valence-corrected chi connectivity index (χ0v) is 12.4. The van der Waals surface area contributed by atoms with Crippen LogP contribution in [-0.2, 0) is 14.2 Å². The summed E-state index contributed by atoms with van der Waals surface area (Å²) in [6, 6.07) is 0. The highest BCUT2D eigenvalue weighted by molar-refractivity contribution is 4.76. The van der Waals surface area contributed by atoms with Gasteiger partial charge in [-0.1, -0.05) is 0 Å². The fraction of sp³-hybridized carbons (Fsp3) is 1.00. The molecular weight excluding hydrogens is 453 g/mol. The van der Waals surface area contributed by atoms with Crippen LogP contribution in [0, 0.1) is 0 Å². The van der Waals surface area contributed by atoms with Crippen molar-refractivity contribution in [2.75, 3.05) is 0 Å². The van der Waals surface area contributed by atoms with Crippen LogP contribution in [0.15, 0.2) is 0 Å². The molecule has 0 radical (unpaired) electrons. The summed E-state index contributed by atoms with van der Waals surface area (Å²) in [5.74, 6) is -17.7. The molecule has 170 valence electrons. The van der Waals surface area contributed by atoms with Gasteiger partial charge in [-0.15, -0.1) is 0 Å². The molecule has 3 atom stereocenters. The molecule has 18 heteroatoms. The lowest BCUT2D eigenvalue weighted by atomic mass is 10.3. The van der Waals surface area contributed by atoms with Crippen molar-refractivity contribution in [3.63, 3.8) is 0 Å². The van der Waals surface area contributed by atoms with Crippen molar-refractivity contribution >= 4 is 0 Å². The van der Waals surface area contributed by atoms with Crippen molar-refractivity contribution in [3.8, 4) is 0 Å². The van der Waals surface area contributed by atoms with Crippen molar-refractivity contribution in [1.82, 2.24) is 0 Å². The van der Waals surface area contributed by atoms with Crippen LogP contribution in [0.2, 0.25) is 0 Å². The maximum absolute atomic E-state index is 13.0. The molecule has 0 aliphatic carbocycles. The quantitative estimate of drug-likeness (QED) is 0.306. The van der Waals surface area contributed by atoms with Crippen molar-refractivity contribution < 1.29 is 80.1 Å². The van der Waals surface area contributed by atoms with Crippen LogP contribution < -0.4 is 0 Å². The van der Waals surface area contributed by atoms with Gasteiger partial charge < -0.3 is 0 Å². The van der Waals surface area contributed by atoms with E-state index in [4.69, 9.17) is 0 Å². The van der Waals surface area contributed by atoms with Crippen LogP contribution in [-0.4, -0.2) is 62.6 Å². The second-order valence-electron chi connectivity index (χ2n) is 4.57. The van der Waals surface area contributed by atoms with E-state index in [9.17, 15) is 65.9 Å². The summed E-state index contributed by atoms with van der Waals surface area (Å²) in [6.45, 7) is -4.24. The zero-order chi connectivity index (χ0) is 22.7. The lowest BCUT2D eigenvalue weighted by Gasteiger charge is -2.30. The minimum Gasteiger partial charge on any atom is -0.289 e. The lowest BCUT2D eigenvalue weighted by Crippen LogP contribution is -2.49. The zero-order valence-electron chi connectivity index (χ0n) is 12.4. The molecule has 3 nitrogen and oxygen atoms in total. The molecule has 0 bridgehead atoms. The van der Waals surface area contributed by atoms with E-state index in [1.54, 1.807) is 0 Å². The van der Waals surface area contributed by atoms with Crippen molar-refractivity contribution in [2.45, 2.75) is 62.6 Å². The first-order chi connectivity index (χ1) is 12.4. The molecule has 0 N–H and O–H groups in total. The Hall–Kier alpha value is -1.17. The Morgan fingerprint density at radius 1 is 0.393 bits per heavy atom. The van der Waals surface area contributed by atoms with Crippen molar-refractivity contribution in [2.24, 2.45) is 0 Å². The van der Waals surface area contributed by atoms with Gasteiger partial charge in [-0.3, -0.25) is 14.2 Å². The Morgan fingerprint density at radius 2 is 0.571 bits per heavy atom. The molecule has 0 heterocycles. The summed E-state index contributed by atoms with van der Waals surface area (Å²) in [6.07, 6.45) is -29.1. The SMILES string of the molecule is FC(F)C(F)(F)C(F)OC(OC(F)C(F)(F)C(F)F)OC(F)C(F)(F)C(F)F. The average Bonchev–Trinajstić information content (AvgIpc) is 2.53. The van der Waals surface area contributed by atoms with E-state index in [0.29, 0.717) is 0 Å². The summed E-state index contributed by atoms with van der Waals surface area (Å²) in [7, 11) is 0. The Kier molecular flexibility index (Phi) is 9.15. The van der Waals surface area contributed by atoms with Gasteiger partial charge in [0.05, 0.1) is 0 Å². The summed E-state index contributed by atoms with van der Waals surface area (Å²) in [4.78, 5) is 0. The number of ether oxygens (including phenoxy) is 3. The van der Waals surface area contributed by atoms with E-state index in [1.165, 1.54) is 0 Å². The number of rotatable bonds is 12. The first kappa shape index (κ1) is 26.8. The van der Waals surface area contributed by atoms with E-state index >= 15 is 0 Å². The van der Waals surface area contributed by atoms with Gasteiger partial charge >= 0.3 is 37.0 Å². The topological polar surface area (TPSA) is 27.7 Å². The molecule has 0 aliphatic heterocycles. The first-order valence-corrected chi connectivity index (χ1v) is 6.24. The molecule has 0 amide bonds. The molecule has 0 fully saturated rings. The van der Waals surface area contributed by atoms with Gasteiger partial charge in [-0.05, 0) is 0 Å². The van der Waals surface area contributed by atoms with Crippen LogP contribution in [0.5, 0.6) is 0 Å². The molecular formula is C10H7F15O3. The smallest absolute Gasteiger partial charge is 0.289 e. The highest BCUT2D eigenvalue weighted by Crippen LogP contribution is 2.36. The summed E-state index contributed by atoms with van der Waals surface area (Å²) in [5, 5.41) is 0. The summed E-state index contributed by atoms with van der Waals surface area (Å²) < 4.78 is 195. The summed E-state index contributed by atoms with van der Waals surface area (Å²) >= 11 is 0. The van der Waals surface area contributed by atoms with Crippen molar-refractivity contribution in [3.05, 3.63) is 0 Å². The van der Waals surface area contributed by atoms with E-state index in [0.717, 1.165) is 0 Å². The molecule has 0 rings (SSSR count). The maximum Gasteiger partial charge on any atom is 0.361 e. The number of halogens is 15. The van der Waals surface area contributed by atoms with Gasteiger partial charge in [-0.2, -0.15) is 26.3 Å². The Morgan fingerprint density at radius 3 is 0.714 bits per heavy atom. The second kappa shape index (κ2) is 9.55. The van der Waals surface area contributed by atoms with Gasteiger partial charge in [0, 0.05) is 0 Å². The van der Waals surface area contributed by atoms with E-state index in [-0.39, 0.29) is 0 Å². The lowest BCUT2D eigenvalue weighted by molar-refractivity contribution is -0.430. The van der Waals surface area contributed by atoms with Crippen LogP contribution >= 0.6 is 0 Å². The van der Waals surface area contributed by atoms with Gasteiger partial charge in [0.15, 0.2) is 0 Å². The minimum absolute atomic E-state index is 2.89. The molecule has 0 saturated heterocycles. The maximum atomic E-state index is 13.0. The number of hydrogen-bond donors (Lipinski definition) is 0. The van der Waals surface area contributed by atoms with Gasteiger partial charge in [0.25, 0.3) is 25.5 Å². The number of alkyl halides is 15. The molecule has 0 aromatic carbocycles. The molecule has 0 saturated carbocycles. The third-order valence-electron chi connectivity index (χ3n) is 2.47. The molecule has 0 spiro atoms. The van der Waals surface area contributed by atoms with Gasteiger partial charge in [0.1, 0.15) is 0 Å². The predicted molar refractivity (Wildman–Crippen MR) is 54.6 cm³/mol. The monoisotopic (exact) mass is 460 g/mol. The fourth-order valence-corrected chi connectivity index (χ4v) is 0.958. The molecule has 0 aliphatic rings. The standard InChI is InChI=1S/C10H7F15O3/c11-1(12)8(20,21)4(17)26-7(27-5(18)9(22,23)2(13)14)28-6(19)10(24,25)3(15)16/h1-7H. The molecule has 28 heavy (non-hydrogen) atoms. The number of hydrogen-bond acceptors (Lipinski definition) is 3. The normalized spacial score (nSPS) is 18.6. The van der Waals surface area contributed by atoms with Gasteiger partial charge in [0.2, 0.25) is 0 Å². The average molecular weight is 460 g/mol. The predicted octanol–water partition coefficient (Wildman–Crippen LogP) is 4.91. The third kappa shape index (κ3) is 6.43. The minimum atomic E-state index is -5.89. The Balaban J connectivity index is 5.55. The largest absolute Gasteiger partial charge is 0.361 e. The Bertz CT molecular complexity index is 406. The second-order valence-corrected chi connectivity index (χ2v) is 4.57. The summed E-state index contributed by atoms with van der Waals surface area (Å²) in [5.41, 5.74) is 0. The van der Waals surface area contributed by atoms with Crippen molar-refractivity contribution in [1.29, 1.82) is 0 Å². The van der Waals surface area contributed by atoms with Gasteiger partial charge in [-0.25, -0.2) is 39.5 Å². The van der Waals surface area contributed by atoms with E-state index < -0.39 is 62.6 Å². The van der Waals surface area contributed by atoms with E-state index in [1.807, 2.05) is 0 Å². The molecule has 0 aromatic heterocycles. The van der Waals surface area contributed by atoms with Crippen LogP contribution in [0.4, 0.5) is 65.9 Å². The highest BCUT2D eigenvalue weighted by atomic mass is 19.3. The van der Waals surface area contributed by atoms with Crippen LogP contribution in [0.25, 0.3) is 0 Å². The first-order valence-electron chi connectivity index (χ1n) is 6.24. The highest BCUT2D eigenvalue weighted by Gasteiger charge is 2.57. The van der Waals surface area contributed by atoms with Crippen LogP contribution in [0.3, 0.4) is 0 Å². The third-order valence-corrected chi connectivity index (χ3v) is 2.47.